The molecule has 5 rings (SSSR count). The van der Waals surface area contributed by atoms with Crippen molar-refractivity contribution < 1.29 is 18.5 Å². The number of nitrogens with zero attached hydrogens (tertiary/aromatic N) is 3. The Morgan fingerprint density at radius 1 is 0.940 bits per heavy atom. The fourth-order valence-electron chi connectivity index (χ4n) is 6.33. The van der Waals surface area contributed by atoms with Crippen LogP contribution in [-0.4, -0.2) is 52.5 Å². The predicted octanol–water partition coefficient (Wildman–Crippen LogP) is 8.91. The Morgan fingerprint density at radius 3 is 2.46 bits per heavy atom. The molecule has 0 fully saturated rings. The number of fused-ring (bicyclic) bond motifs is 1. The lowest BCUT2D eigenvalue weighted by atomic mass is 9.93. The van der Waals surface area contributed by atoms with Gasteiger partial charge in [-0.2, -0.15) is 0 Å². The Bertz CT molecular complexity index is 1730. The van der Waals surface area contributed by atoms with Crippen LogP contribution in [0.25, 0.3) is 17.2 Å². The minimum atomic E-state index is -1.19. The molecule has 0 N–H and O–H groups in total. The molecule has 0 amide bonds. The molecule has 8 heteroatoms. The summed E-state index contributed by atoms with van der Waals surface area (Å²) in [6.45, 7) is 13.4. The van der Waals surface area contributed by atoms with Crippen molar-refractivity contribution in [3.05, 3.63) is 102 Å². The maximum atomic E-state index is 13.8. The number of anilines is 1. The summed E-state index contributed by atoms with van der Waals surface area (Å²) >= 11 is 0. The first-order valence-corrected chi connectivity index (χ1v) is 19.6. The maximum Gasteiger partial charge on any atom is 0.163 e. The summed E-state index contributed by atoms with van der Waals surface area (Å²) in [4.78, 5) is 21.3. The number of ketones is 1. The second-order valence-electron chi connectivity index (χ2n) is 13.5. The molecule has 0 aliphatic carbocycles. The zero-order valence-electron chi connectivity index (χ0n) is 30.2. The third-order valence-electron chi connectivity index (χ3n) is 8.94. The molecule has 1 unspecified atom stereocenters. The van der Waals surface area contributed by atoms with Crippen LogP contribution < -0.4 is 9.64 Å². The number of carbonyl (C=O) groups is 1. The van der Waals surface area contributed by atoms with E-state index in [9.17, 15) is 9.00 Å². The second-order valence-corrected chi connectivity index (χ2v) is 15.0. The lowest BCUT2D eigenvalue weighted by molar-refractivity contribution is -0.115. The van der Waals surface area contributed by atoms with Crippen molar-refractivity contribution in [1.82, 2.24) is 9.55 Å². The molecule has 4 aromatic rings. The van der Waals surface area contributed by atoms with Gasteiger partial charge in [0, 0.05) is 49.4 Å². The highest BCUT2D eigenvalue weighted by Crippen LogP contribution is 2.33. The van der Waals surface area contributed by atoms with E-state index in [-0.39, 0.29) is 5.78 Å². The summed E-state index contributed by atoms with van der Waals surface area (Å²) in [7, 11) is -1.19. The molecule has 0 radical (unpaired) electrons. The summed E-state index contributed by atoms with van der Waals surface area (Å²) < 4.78 is 26.7. The Balaban J connectivity index is 1.30. The van der Waals surface area contributed by atoms with Crippen molar-refractivity contribution in [1.29, 1.82) is 0 Å². The van der Waals surface area contributed by atoms with Gasteiger partial charge in [0.15, 0.2) is 5.78 Å². The largest absolute Gasteiger partial charge is 0.491 e. The van der Waals surface area contributed by atoms with Gasteiger partial charge in [-0.25, -0.2) is 4.98 Å². The topological polar surface area (TPSA) is 73.7 Å². The van der Waals surface area contributed by atoms with Gasteiger partial charge in [0.05, 0.1) is 35.2 Å². The molecular weight excluding hydrogens is 643 g/mol. The number of rotatable bonds is 18. The normalized spacial score (nSPS) is 13.8. The van der Waals surface area contributed by atoms with Crippen LogP contribution in [0.3, 0.4) is 0 Å². The first-order valence-electron chi connectivity index (χ1n) is 18.2. The van der Waals surface area contributed by atoms with Gasteiger partial charge in [-0.1, -0.05) is 64.4 Å². The number of hydrogen-bond acceptors (Lipinski definition) is 6. The molecule has 2 heterocycles. The van der Waals surface area contributed by atoms with E-state index in [2.05, 4.69) is 78.6 Å². The highest BCUT2D eigenvalue weighted by Gasteiger charge is 2.20. The van der Waals surface area contributed by atoms with Gasteiger partial charge in [0.25, 0.3) is 0 Å². The summed E-state index contributed by atoms with van der Waals surface area (Å²) in [6.07, 6.45) is 10.9. The third-order valence-corrected chi connectivity index (χ3v) is 10.3. The van der Waals surface area contributed by atoms with Crippen LogP contribution in [0.4, 0.5) is 5.69 Å². The van der Waals surface area contributed by atoms with Gasteiger partial charge in [-0.3, -0.25) is 9.00 Å². The summed E-state index contributed by atoms with van der Waals surface area (Å²) in [5, 5.41) is 0. The average Bonchev–Trinajstić information content (AvgIpc) is 3.54. The number of Topliss-reactive ketones (excluding diaryl/α,β-unsaturated/α-hetero) is 1. The Labute approximate surface area is 301 Å². The van der Waals surface area contributed by atoms with Crippen LogP contribution in [0.15, 0.2) is 89.7 Å². The molecule has 0 saturated carbocycles. The van der Waals surface area contributed by atoms with Gasteiger partial charge in [0.2, 0.25) is 0 Å². The number of carbonyl (C=O) groups excluding carboxylic acids is 1. The number of benzene rings is 3. The second kappa shape index (κ2) is 18.8. The van der Waals surface area contributed by atoms with Gasteiger partial charge >= 0.3 is 0 Å². The number of ether oxygens (including phenoxy) is 2. The molecule has 1 aliphatic heterocycles. The first kappa shape index (κ1) is 37.3. The Kier molecular flexibility index (Phi) is 14.0. The number of aryl methyl sites for hydroxylation is 1. The van der Waals surface area contributed by atoms with E-state index in [1.165, 1.54) is 5.69 Å². The molecular formula is C42H53N3O4S. The highest BCUT2D eigenvalue weighted by molar-refractivity contribution is 7.84. The molecule has 266 valence electrons. The quantitative estimate of drug-likeness (QED) is 0.0969. The first-order chi connectivity index (χ1) is 24.3. The van der Waals surface area contributed by atoms with E-state index < -0.39 is 10.8 Å². The number of unbranched alkanes of at least 4 members (excludes halogenated alkanes) is 1. The summed E-state index contributed by atoms with van der Waals surface area (Å²) in [5.74, 6) is 1.91. The number of allylic oxidation sites excluding steroid dienone is 1. The third kappa shape index (κ3) is 10.5. The van der Waals surface area contributed by atoms with Crippen molar-refractivity contribution in [2.75, 3.05) is 37.8 Å². The van der Waals surface area contributed by atoms with Crippen molar-refractivity contribution in [2.24, 2.45) is 5.92 Å². The van der Waals surface area contributed by atoms with Gasteiger partial charge < -0.3 is 18.9 Å². The molecule has 3 aromatic carbocycles. The fraction of sp³-hybridized carbons (Fsp3) is 0.429. The lowest BCUT2D eigenvalue weighted by Crippen LogP contribution is -2.30. The molecule has 0 spiro atoms. The maximum absolute atomic E-state index is 13.8. The van der Waals surface area contributed by atoms with Gasteiger partial charge in [-0.15, -0.1) is 0 Å². The van der Waals surface area contributed by atoms with Crippen LogP contribution in [-0.2, 0) is 39.0 Å². The number of imidazole rings is 1. The Hall–Kier alpha value is -4.01. The van der Waals surface area contributed by atoms with Crippen LogP contribution in [0, 0.1) is 5.92 Å². The van der Waals surface area contributed by atoms with Gasteiger partial charge in [-0.05, 0) is 102 Å². The predicted molar refractivity (Wildman–Crippen MR) is 205 cm³/mol. The van der Waals surface area contributed by atoms with Crippen molar-refractivity contribution >= 4 is 28.3 Å². The SMILES string of the molecule is CCCCOCCOc1ccc(-c2ccc3c(c2)C=C(C(=O)Cc2ccc(S(=O)Cc4cncn4CCC)cc2)CCCN3CC(C)C)cc1. The molecule has 7 nitrogen and oxygen atoms in total. The molecule has 1 aromatic heterocycles. The minimum absolute atomic E-state index is 0.135. The van der Waals surface area contributed by atoms with Crippen LogP contribution in [0.2, 0.25) is 0 Å². The zero-order valence-corrected chi connectivity index (χ0v) is 31.1. The lowest BCUT2D eigenvalue weighted by Gasteiger charge is -2.30. The van der Waals surface area contributed by atoms with Crippen LogP contribution in [0.5, 0.6) is 5.75 Å². The average molecular weight is 696 g/mol. The standard InChI is InChI=1S/C42H53N3O4S/c1-5-7-22-48-23-24-49-39-15-12-34(13-16-39)35-14-19-41-37(26-35)27-36(9-8-21-44(41)29-32(3)4)42(46)25-33-10-17-40(18-11-33)50(47)30-38-28-43-31-45(38)20-6-2/h10-19,26-28,31-32H,5-9,20-25,29-30H2,1-4H3. The van der Waals surface area contributed by atoms with E-state index in [4.69, 9.17) is 9.47 Å². The molecule has 50 heavy (non-hydrogen) atoms. The fourth-order valence-corrected chi connectivity index (χ4v) is 7.44. The molecule has 1 atom stereocenters. The van der Waals surface area contributed by atoms with E-state index in [1.54, 1.807) is 12.5 Å². The van der Waals surface area contributed by atoms with E-state index >= 15 is 0 Å². The van der Waals surface area contributed by atoms with Crippen molar-refractivity contribution in [3.63, 3.8) is 0 Å². The van der Waals surface area contributed by atoms with Gasteiger partial charge in [0.1, 0.15) is 12.4 Å². The van der Waals surface area contributed by atoms with E-state index in [1.807, 2.05) is 36.4 Å². The van der Waals surface area contributed by atoms with Crippen molar-refractivity contribution in [2.45, 2.75) is 83.4 Å². The van der Waals surface area contributed by atoms with Crippen molar-refractivity contribution in [3.8, 4) is 16.9 Å². The smallest absolute Gasteiger partial charge is 0.163 e. The summed E-state index contributed by atoms with van der Waals surface area (Å²) in [6, 6.07) is 22.5. The zero-order chi connectivity index (χ0) is 35.3. The van der Waals surface area contributed by atoms with E-state index in [0.29, 0.717) is 31.3 Å². The number of aromatic nitrogens is 2. The summed E-state index contributed by atoms with van der Waals surface area (Å²) in [5.41, 5.74) is 7.21. The molecule has 0 bridgehead atoms. The molecule has 0 saturated heterocycles. The Morgan fingerprint density at radius 2 is 1.72 bits per heavy atom. The van der Waals surface area contributed by atoms with Crippen LogP contribution in [0.1, 0.15) is 76.6 Å². The number of hydrogen-bond donors (Lipinski definition) is 0. The minimum Gasteiger partial charge on any atom is -0.491 e. The monoisotopic (exact) mass is 695 g/mol. The molecule has 1 aliphatic rings. The van der Waals surface area contributed by atoms with E-state index in [0.717, 1.165) is 103 Å². The highest BCUT2D eigenvalue weighted by atomic mass is 32.2. The van der Waals surface area contributed by atoms with Crippen LogP contribution >= 0.6 is 0 Å².